The summed E-state index contributed by atoms with van der Waals surface area (Å²) in [5.74, 6) is 0. The molecule has 0 aliphatic heterocycles. The Balaban J connectivity index is 2.05. The number of nitrogens with zero attached hydrogens (tertiary/aromatic N) is 1. The Bertz CT molecular complexity index is 430. The van der Waals surface area contributed by atoms with Gasteiger partial charge in [-0.25, -0.2) is 0 Å². The fourth-order valence-electron chi connectivity index (χ4n) is 3.59. The van der Waals surface area contributed by atoms with E-state index in [9.17, 15) is 0 Å². The predicted molar refractivity (Wildman–Crippen MR) is 91.4 cm³/mol. The van der Waals surface area contributed by atoms with Crippen LogP contribution in [0.3, 0.4) is 0 Å². The molecule has 118 valence electrons. The summed E-state index contributed by atoms with van der Waals surface area (Å²) in [5.41, 5.74) is 8.13. The Hall–Kier alpha value is -0.860. The Kier molecular flexibility index (Phi) is 5.11. The second kappa shape index (κ2) is 6.50. The van der Waals surface area contributed by atoms with E-state index in [4.69, 9.17) is 5.73 Å². The molecular formula is C19H32N2. The lowest BCUT2D eigenvalue weighted by atomic mass is 9.74. The maximum Gasteiger partial charge on any atom is 0.0343 e. The molecule has 0 saturated heterocycles. The van der Waals surface area contributed by atoms with Crippen molar-refractivity contribution in [1.29, 1.82) is 0 Å². The molecule has 1 atom stereocenters. The molecule has 1 unspecified atom stereocenters. The van der Waals surface area contributed by atoms with Crippen molar-refractivity contribution >= 4 is 0 Å². The summed E-state index contributed by atoms with van der Waals surface area (Å²) in [6.45, 7) is 7.82. The molecule has 1 saturated carbocycles. The van der Waals surface area contributed by atoms with E-state index in [-0.39, 0.29) is 5.54 Å². The van der Waals surface area contributed by atoms with Crippen LogP contribution in [0.4, 0.5) is 0 Å². The van der Waals surface area contributed by atoms with Gasteiger partial charge in [-0.3, -0.25) is 4.90 Å². The number of rotatable bonds is 5. The molecule has 0 radical (unpaired) electrons. The van der Waals surface area contributed by atoms with Crippen LogP contribution in [0.2, 0.25) is 0 Å². The van der Waals surface area contributed by atoms with Gasteiger partial charge in [0.1, 0.15) is 0 Å². The summed E-state index contributed by atoms with van der Waals surface area (Å²) >= 11 is 0. The summed E-state index contributed by atoms with van der Waals surface area (Å²) < 4.78 is 0. The lowest BCUT2D eigenvalue weighted by molar-refractivity contribution is 0.0465. The quantitative estimate of drug-likeness (QED) is 0.892. The summed E-state index contributed by atoms with van der Waals surface area (Å²) in [5, 5.41) is 0. The number of hydrogen-bond donors (Lipinski definition) is 1. The zero-order valence-electron chi connectivity index (χ0n) is 14.2. The van der Waals surface area contributed by atoms with Gasteiger partial charge in [0, 0.05) is 18.1 Å². The van der Waals surface area contributed by atoms with Gasteiger partial charge in [0.05, 0.1) is 0 Å². The molecule has 2 N–H and O–H groups in total. The van der Waals surface area contributed by atoms with Crippen LogP contribution < -0.4 is 5.73 Å². The van der Waals surface area contributed by atoms with E-state index in [2.05, 4.69) is 63.1 Å². The van der Waals surface area contributed by atoms with Gasteiger partial charge in [0.25, 0.3) is 0 Å². The highest BCUT2D eigenvalue weighted by Crippen LogP contribution is 2.38. The third-order valence-corrected chi connectivity index (χ3v) is 5.58. The molecule has 1 aliphatic rings. The molecule has 1 aromatic rings. The number of benzene rings is 1. The van der Waals surface area contributed by atoms with Gasteiger partial charge in [0.2, 0.25) is 0 Å². The molecule has 0 heterocycles. The van der Waals surface area contributed by atoms with Gasteiger partial charge in [-0.1, -0.05) is 44.2 Å². The van der Waals surface area contributed by atoms with E-state index in [0.717, 1.165) is 6.42 Å². The fourth-order valence-corrected chi connectivity index (χ4v) is 3.59. The zero-order chi connectivity index (χ0) is 15.5. The summed E-state index contributed by atoms with van der Waals surface area (Å²) in [7, 11) is 2.28. The van der Waals surface area contributed by atoms with Crippen LogP contribution >= 0.6 is 0 Å². The van der Waals surface area contributed by atoms with Gasteiger partial charge in [-0.2, -0.15) is 0 Å². The molecular weight excluding hydrogens is 256 g/mol. The van der Waals surface area contributed by atoms with Crippen LogP contribution in [0, 0.1) is 5.41 Å². The Morgan fingerprint density at radius 2 is 1.76 bits per heavy atom. The fraction of sp³-hybridized carbons (Fsp3) is 0.684. The van der Waals surface area contributed by atoms with E-state index >= 15 is 0 Å². The van der Waals surface area contributed by atoms with Crippen molar-refractivity contribution in [3.8, 4) is 0 Å². The normalized spacial score (nSPS) is 22.2. The predicted octanol–water partition coefficient (Wildman–Crippen LogP) is 3.85. The zero-order valence-corrected chi connectivity index (χ0v) is 14.2. The molecule has 0 aromatic heterocycles. The van der Waals surface area contributed by atoms with E-state index < -0.39 is 0 Å². The first-order valence-electron chi connectivity index (χ1n) is 8.33. The van der Waals surface area contributed by atoms with Crippen molar-refractivity contribution in [3.63, 3.8) is 0 Å². The van der Waals surface area contributed by atoms with Crippen molar-refractivity contribution in [2.24, 2.45) is 11.1 Å². The highest BCUT2D eigenvalue weighted by atomic mass is 15.2. The summed E-state index contributed by atoms with van der Waals surface area (Å²) in [4.78, 5) is 2.56. The summed E-state index contributed by atoms with van der Waals surface area (Å²) in [6.07, 6.45) is 6.28. The number of nitrogens with two attached hydrogens (primary N) is 1. The summed E-state index contributed by atoms with van der Waals surface area (Å²) in [6, 6.07) is 11.4. The van der Waals surface area contributed by atoms with E-state index in [0.29, 0.717) is 18.0 Å². The van der Waals surface area contributed by atoms with Gasteiger partial charge in [-0.15, -0.1) is 0 Å². The Labute approximate surface area is 130 Å². The van der Waals surface area contributed by atoms with Gasteiger partial charge < -0.3 is 5.73 Å². The average molecular weight is 288 g/mol. The topological polar surface area (TPSA) is 29.3 Å². The van der Waals surface area contributed by atoms with Crippen LogP contribution in [0.15, 0.2) is 30.3 Å². The third kappa shape index (κ3) is 4.08. The average Bonchev–Trinajstić information content (AvgIpc) is 2.47. The second-order valence-corrected chi connectivity index (χ2v) is 7.87. The highest BCUT2D eigenvalue weighted by Gasteiger charge is 2.36. The molecule has 2 nitrogen and oxygen atoms in total. The van der Waals surface area contributed by atoms with Crippen molar-refractivity contribution < 1.29 is 0 Å². The number of hydrogen-bond acceptors (Lipinski definition) is 2. The molecule has 0 bridgehead atoms. The molecule has 2 rings (SSSR count). The third-order valence-electron chi connectivity index (χ3n) is 5.58. The molecule has 0 spiro atoms. The van der Waals surface area contributed by atoms with Gasteiger partial charge >= 0.3 is 0 Å². The minimum atomic E-state index is 0.0491. The van der Waals surface area contributed by atoms with Gasteiger partial charge in [0.15, 0.2) is 0 Å². The van der Waals surface area contributed by atoms with E-state index in [1.54, 1.807) is 0 Å². The Morgan fingerprint density at radius 3 is 2.29 bits per heavy atom. The lowest BCUT2D eigenvalue weighted by Gasteiger charge is -2.47. The van der Waals surface area contributed by atoms with Crippen LogP contribution in [0.5, 0.6) is 0 Å². The van der Waals surface area contributed by atoms with Gasteiger partial charge in [-0.05, 0) is 57.1 Å². The van der Waals surface area contributed by atoms with E-state index in [1.165, 1.54) is 31.2 Å². The minimum absolute atomic E-state index is 0.0491. The van der Waals surface area contributed by atoms with Crippen molar-refractivity contribution in [2.75, 3.05) is 13.6 Å². The van der Waals surface area contributed by atoms with Crippen LogP contribution in [-0.4, -0.2) is 30.1 Å². The smallest absolute Gasteiger partial charge is 0.0343 e. The molecule has 1 aromatic carbocycles. The monoisotopic (exact) mass is 288 g/mol. The molecule has 1 fully saturated rings. The molecule has 21 heavy (non-hydrogen) atoms. The molecule has 1 aliphatic carbocycles. The van der Waals surface area contributed by atoms with Crippen molar-refractivity contribution in [2.45, 2.75) is 64.5 Å². The number of likely N-dealkylation sites (N-methyl/N-ethyl adjacent to an activating group) is 1. The van der Waals surface area contributed by atoms with Crippen LogP contribution in [-0.2, 0) is 6.42 Å². The molecule has 0 amide bonds. The molecule has 2 heteroatoms. The van der Waals surface area contributed by atoms with Crippen molar-refractivity contribution in [3.05, 3.63) is 35.9 Å². The van der Waals surface area contributed by atoms with Crippen LogP contribution in [0.25, 0.3) is 0 Å². The van der Waals surface area contributed by atoms with Crippen molar-refractivity contribution in [1.82, 2.24) is 4.90 Å². The standard InChI is InChI=1S/C19H32N2/c1-18(2)12-10-17(11-13-18)21(4)19(3,15-20)14-16-8-6-5-7-9-16/h5-9,17H,10-15,20H2,1-4H3. The largest absolute Gasteiger partial charge is 0.329 e. The highest BCUT2D eigenvalue weighted by molar-refractivity contribution is 5.18. The maximum atomic E-state index is 6.17. The first kappa shape index (κ1) is 16.5. The SMILES string of the molecule is CN(C1CCC(C)(C)CC1)C(C)(CN)Cc1ccccc1. The van der Waals surface area contributed by atoms with Crippen LogP contribution in [0.1, 0.15) is 52.0 Å². The first-order chi connectivity index (χ1) is 9.86. The first-order valence-corrected chi connectivity index (χ1v) is 8.33. The minimum Gasteiger partial charge on any atom is -0.329 e. The van der Waals surface area contributed by atoms with E-state index in [1.807, 2.05) is 0 Å². The second-order valence-electron chi connectivity index (χ2n) is 7.87. The maximum absolute atomic E-state index is 6.17. The Morgan fingerprint density at radius 1 is 1.19 bits per heavy atom. The lowest BCUT2D eigenvalue weighted by Crippen LogP contribution is -2.56.